The van der Waals surface area contributed by atoms with Crippen LogP contribution in [0, 0.1) is 0 Å². The predicted octanol–water partition coefficient (Wildman–Crippen LogP) is 1.61. The first-order chi connectivity index (χ1) is 8.12. The average Bonchev–Trinajstić information content (AvgIpc) is 2.34. The summed E-state index contributed by atoms with van der Waals surface area (Å²) in [4.78, 5) is 21.2. The zero-order chi connectivity index (χ0) is 12.8. The Morgan fingerprint density at radius 1 is 1.18 bits per heavy atom. The number of hydrogen-bond donors (Lipinski definition) is 1. The van der Waals surface area contributed by atoms with Gasteiger partial charge in [0.1, 0.15) is 11.5 Å². The van der Waals surface area contributed by atoms with E-state index in [-0.39, 0.29) is 0 Å². The van der Waals surface area contributed by atoms with Crippen LogP contribution in [-0.2, 0) is 4.79 Å². The van der Waals surface area contributed by atoms with Gasteiger partial charge in [-0.1, -0.05) is 0 Å². The molecule has 1 aromatic carbocycles. The van der Waals surface area contributed by atoms with Gasteiger partial charge in [-0.15, -0.1) is 0 Å². The van der Waals surface area contributed by atoms with Gasteiger partial charge in [-0.2, -0.15) is 0 Å². The van der Waals surface area contributed by atoms with E-state index in [0.717, 1.165) is 6.08 Å². The molecule has 0 atom stereocenters. The van der Waals surface area contributed by atoms with E-state index < -0.39 is 5.97 Å². The van der Waals surface area contributed by atoms with Crippen molar-refractivity contribution in [3.8, 4) is 11.5 Å². The number of aliphatic carboxylic acids is 1. The zero-order valence-corrected chi connectivity index (χ0v) is 9.47. The second-order valence-electron chi connectivity index (χ2n) is 3.13. The predicted molar refractivity (Wildman–Crippen MR) is 61.6 cm³/mol. The SMILES string of the molecule is COc1cc(C=CC(=O)O)c(OC)cc1C=O. The third-order valence-corrected chi connectivity index (χ3v) is 2.11. The van der Waals surface area contributed by atoms with Gasteiger partial charge >= 0.3 is 5.97 Å². The molecule has 0 aromatic heterocycles. The van der Waals surface area contributed by atoms with Gasteiger partial charge in [0.05, 0.1) is 19.8 Å². The lowest BCUT2D eigenvalue weighted by Crippen LogP contribution is -1.95. The summed E-state index contributed by atoms with van der Waals surface area (Å²) in [7, 11) is 2.87. The molecule has 0 unspecified atom stereocenters. The van der Waals surface area contributed by atoms with Gasteiger partial charge < -0.3 is 14.6 Å². The second kappa shape index (κ2) is 5.69. The topological polar surface area (TPSA) is 72.8 Å². The van der Waals surface area contributed by atoms with Crippen LogP contribution >= 0.6 is 0 Å². The smallest absolute Gasteiger partial charge is 0.328 e. The van der Waals surface area contributed by atoms with E-state index in [0.29, 0.717) is 28.9 Å². The van der Waals surface area contributed by atoms with Crippen molar-refractivity contribution in [3.63, 3.8) is 0 Å². The van der Waals surface area contributed by atoms with Crippen molar-refractivity contribution in [2.45, 2.75) is 0 Å². The summed E-state index contributed by atoms with van der Waals surface area (Å²) in [5.74, 6) is -0.290. The lowest BCUT2D eigenvalue weighted by Gasteiger charge is -2.09. The molecule has 90 valence electrons. The van der Waals surface area contributed by atoms with Crippen LogP contribution in [0.5, 0.6) is 11.5 Å². The van der Waals surface area contributed by atoms with Crippen LogP contribution < -0.4 is 9.47 Å². The Morgan fingerprint density at radius 2 is 1.71 bits per heavy atom. The molecule has 5 nitrogen and oxygen atoms in total. The summed E-state index contributed by atoms with van der Waals surface area (Å²) in [5.41, 5.74) is 0.870. The molecule has 1 rings (SSSR count). The van der Waals surface area contributed by atoms with Crippen molar-refractivity contribution in [2.75, 3.05) is 14.2 Å². The highest BCUT2D eigenvalue weighted by atomic mass is 16.5. The van der Waals surface area contributed by atoms with E-state index in [1.54, 1.807) is 6.07 Å². The molecule has 17 heavy (non-hydrogen) atoms. The summed E-state index contributed by atoms with van der Waals surface area (Å²) in [5, 5.41) is 8.55. The molecule has 0 heterocycles. The number of carbonyl (C=O) groups excluding carboxylic acids is 1. The molecule has 0 bridgehead atoms. The van der Waals surface area contributed by atoms with E-state index in [4.69, 9.17) is 14.6 Å². The maximum Gasteiger partial charge on any atom is 0.328 e. The number of rotatable bonds is 5. The molecule has 0 spiro atoms. The Labute approximate surface area is 98.3 Å². The quantitative estimate of drug-likeness (QED) is 0.621. The first kappa shape index (κ1) is 12.8. The van der Waals surface area contributed by atoms with E-state index in [2.05, 4.69) is 0 Å². The average molecular weight is 236 g/mol. The number of carbonyl (C=O) groups is 2. The highest BCUT2D eigenvalue weighted by Crippen LogP contribution is 2.28. The molecule has 0 saturated carbocycles. The van der Waals surface area contributed by atoms with Crippen molar-refractivity contribution >= 4 is 18.3 Å². The molecule has 1 N–H and O–H groups in total. The largest absolute Gasteiger partial charge is 0.496 e. The molecule has 0 fully saturated rings. The van der Waals surface area contributed by atoms with Crippen molar-refractivity contribution in [1.82, 2.24) is 0 Å². The van der Waals surface area contributed by atoms with Crippen molar-refractivity contribution in [1.29, 1.82) is 0 Å². The standard InChI is InChI=1S/C12H12O5/c1-16-10-6-9(7-13)11(17-2)5-8(10)3-4-12(14)15/h3-7H,1-2H3,(H,14,15). The summed E-state index contributed by atoms with van der Waals surface area (Å²) < 4.78 is 10.1. The van der Waals surface area contributed by atoms with Gasteiger partial charge in [0.15, 0.2) is 6.29 Å². The Balaban J connectivity index is 3.28. The Hall–Kier alpha value is -2.30. The van der Waals surface area contributed by atoms with Crippen LogP contribution in [0.15, 0.2) is 18.2 Å². The van der Waals surface area contributed by atoms with Crippen LogP contribution in [0.2, 0.25) is 0 Å². The molecule has 0 saturated heterocycles. The fourth-order valence-corrected chi connectivity index (χ4v) is 1.33. The van der Waals surface area contributed by atoms with Crippen LogP contribution in [-0.4, -0.2) is 31.6 Å². The van der Waals surface area contributed by atoms with E-state index in [1.165, 1.54) is 26.4 Å². The Bertz CT molecular complexity index is 462. The molecule has 0 aliphatic rings. The fourth-order valence-electron chi connectivity index (χ4n) is 1.33. The molecule has 0 amide bonds. The van der Waals surface area contributed by atoms with Crippen LogP contribution in [0.1, 0.15) is 15.9 Å². The van der Waals surface area contributed by atoms with Gasteiger partial charge in [0.2, 0.25) is 0 Å². The first-order valence-electron chi connectivity index (χ1n) is 4.74. The minimum atomic E-state index is -1.06. The minimum Gasteiger partial charge on any atom is -0.496 e. The summed E-state index contributed by atoms with van der Waals surface area (Å²) >= 11 is 0. The van der Waals surface area contributed by atoms with Crippen LogP contribution in [0.4, 0.5) is 0 Å². The van der Waals surface area contributed by atoms with E-state index in [9.17, 15) is 9.59 Å². The molecule has 5 heteroatoms. The zero-order valence-electron chi connectivity index (χ0n) is 9.47. The number of carboxylic acid groups (broad SMARTS) is 1. The third-order valence-electron chi connectivity index (χ3n) is 2.11. The second-order valence-corrected chi connectivity index (χ2v) is 3.13. The third kappa shape index (κ3) is 3.07. The summed E-state index contributed by atoms with van der Waals surface area (Å²) in [6.07, 6.45) is 3.00. The van der Waals surface area contributed by atoms with Gasteiger partial charge in [-0.05, 0) is 18.2 Å². The lowest BCUT2D eigenvalue weighted by atomic mass is 10.1. The van der Waals surface area contributed by atoms with Crippen molar-refractivity contribution in [2.24, 2.45) is 0 Å². The number of hydrogen-bond acceptors (Lipinski definition) is 4. The van der Waals surface area contributed by atoms with Gasteiger partial charge in [-0.25, -0.2) is 4.79 Å². The number of methoxy groups -OCH3 is 2. The van der Waals surface area contributed by atoms with Crippen LogP contribution in [0.3, 0.4) is 0 Å². The molecule has 0 aliphatic carbocycles. The highest BCUT2D eigenvalue weighted by molar-refractivity contribution is 5.87. The molecule has 1 aromatic rings. The summed E-state index contributed by atoms with van der Waals surface area (Å²) in [6.45, 7) is 0. The highest BCUT2D eigenvalue weighted by Gasteiger charge is 2.09. The first-order valence-corrected chi connectivity index (χ1v) is 4.74. The van der Waals surface area contributed by atoms with Crippen molar-refractivity contribution < 1.29 is 24.2 Å². The minimum absolute atomic E-state index is 0.344. The summed E-state index contributed by atoms with van der Waals surface area (Å²) in [6, 6.07) is 3.04. The monoisotopic (exact) mass is 236 g/mol. The van der Waals surface area contributed by atoms with Gasteiger partial charge in [-0.3, -0.25) is 4.79 Å². The van der Waals surface area contributed by atoms with Gasteiger partial charge in [0, 0.05) is 11.6 Å². The fraction of sp³-hybridized carbons (Fsp3) is 0.167. The number of carboxylic acids is 1. The lowest BCUT2D eigenvalue weighted by molar-refractivity contribution is -0.131. The number of ether oxygens (including phenoxy) is 2. The maximum absolute atomic E-state index is 10.8. The molecular formula is C12H12O5. The normalized spacial score (nSPS) is 10.2. The molecular weight excluding hydrogens is 224 g/mol. The maximum atomic E-state index is 10.8. The Morgan fingerprint density at radius 3 is 2.18 bits per heavy atom. The molecule has 0 radical (unpaired) electrons. The number of benzene rings is 1. The number of aldehydes is 1. The van der Waals surface area contributed by atoms with E-state index in [1.807, 2.05) is 0 Å². The van der Waals surface area contributed by atoms with Crippen molar-refractivity contribution in [3.05, 3.63) is 29.3 Å². The molecule has 0 aliphatic heterocycles. The Kier molecular flexibility index (Phi) is 4.28. The van der Waals surface area contributed by atoms with Crippen LogP contribution in [0.25, 0.3) is 6.08 Å². The van der Waals surface area contributed by atoms with Gasteiger partial charge in [0.25, 0.3) is 0 Å². The van der Waals surface area contributed by atoms with E-state index >= 15 is 0 Å².